The van der Waals surface area contributed by atoms with E-state index < -0.39 is 11.5 Å². The summed E-state index contributed by atoms with van der Waals surface area (Å²) in [4.78, 5) is 10.9. The van der Waals surface area contributed by atoms with Crippen LogP contribution in [-0.4, -0.2) is 32.0 Å². The van der Waals surface area contributed by atoms with Crippen LogP contribution in [0.15, 0.2) is 18.2 Å². The Hall–Kier alpha value is -1.95. The van der Waals surface area contributed by atoms with Crippen molar-refractivity contribution in [1.29, 1.82) is 0 Å². The summed E-state index contributed by atoms with van der Waals surface area (Å²) in [5, 5.41) is 19.3. The van der Waals surface area contributed by atoms with Gasteiger partial charge in [0.1, 0.15) is 16.6 Å². The van der Waals surface area contributed by atoms with E-state index in [9.17, 15) is 4.79 Å². The second-order valence-electron chi connectivity index (χ2n) is 4.05. The maximum atomic E-state index is 10.9. The Labute approximate surface area is 91.5 Å². The highest BCUT2D eigenvalue weighted by atomic mass is 16.4. The molecule has 6 heteroatoms. The number of aromatic nitrogens is 3. The predicted molar refractivity (Wildman–Crippen MR) is 57.8 cm³/mol. The zero-order chi connectivity index (χ0) is 11.8. The SMILES string of the molecule is C[C@](N)(Cc1ccc2n[nH]nc2c1)C(=O)O. The van der Waals surface area contributed by atoms with E-state index in [2.05, 4.69) is 15.4 Å². The fourth-order valence-corrected chi connectivity index (χ4v) is 1.50. The zero-order valence-electron chi connectivity index (χ0n) is 8.77. The fourth-order valence-electron chi connectivity index (χ4n) is 1.50. The summed E-state index contributed by atoms with van der Waals surface area (Å²) in [5.41, 5.74) is 6.68. The standard InChI is InChI=1S/C10H12N4O2/c1-10(11,9(15)16)5-6-2-3-7-8(4-6)13-14-12-7/h2-4H,5,11H2,1H3,(H,15,16)(H,12,13,14)/t10-/m0/s1. The Balaban J connectivity index is 2.30. The molecule has 0 aliphatic rings. The van der Waals surface area contributed by atoms with Crippen LogP contribution >= 0.6 is 0 Å². The first-order valence-corrected chi connectivity index (χ1v) is 4.81. The van der Waals surface area contributed by atoms with Crippen molar-refractivity contribution in [2.75, 3.05) is 0 Å². The van der Waals surface area contributed by atoms with Crippen molar-refractivity contribution in [2.24, 2.45) is 5.73 Å². The second-order valence-corrected chi connectivity index (χ2v) is 4.05. The minimum absolute atomic E-state index is 0.255. The van der Waals surface area contributed by atoms with Crippen molar-refractivity contribution in [3.05, 3.63) is 23.8 Å². The number of carbonyl (C=O) groups is 1. The number of carboxylic acid groups (broad SMARTS) is 1. The van der Waals surface area contributed by atoms with Crippen molar-refractivity contribution >= 4 is 17.0 Å². The van der Waals surface area contributed by atoms with Crippen LogP contribution in [0.1, 0.15) is 12.5 Å². The lowest BCUT2D eigenvalue weighted by Crippen LogP contribution is -2.46. The van der Waals surface area contributed by atoms with Crippen LogP contribution in [-0.2, 0) is 11.2 Å². The molecular formula is C10H12N4O2. The Morgan fingerprint density at radius 3 is 2.88 bits per heavy atom. The molecule has 1 aromatic carbocycles. The molecular weight excluding hydrogens is 208 g/mol. The van der Waals surface area contributed by atoms with Gasteiger partial charge in [0.15, 0.2) is 0 Å². The third kappa shape index (κ3) is 1.87. The van der Waals surface area contributed by atoms with E-state index in [0.717, 1.165) is 11.1 Å². The molecule has 0 spiro atoms. The summed E-state index contributed by atoms with van der Waals surface area (Å²) < 4.78 is 0. The number of rotatable bonds is 3. The van der Waals surface area contributed by atoms with Gasteiger partial charge in [0, 0.05) is 6.42 Å². The highest BCUT2D eigenvalue weighted by Gasteiger charge is 2.28. The number of H-pyrrole nitrogens is 1. The first-order valence-electron chi connectivity index (χ1n) is 4.81. The Kier molecular flexibility index (Phi) is 2.35. The van der Waals surface area contributed by atoms with Crippen LogP contribution in [0.4, 0.5) is 0 Å². The lowest BCUT2D eigenvalue weighted by atomic mass is 9.94. The molecule has 0 saturated carbocycles. The van der Waals surface area contributed by atoms with Crippen molar-refractivity contribution in [3.8, 4) is 0 Å². The summed E-state index contributed by atoms with van der Waals surface area (Å²) in [7, 11) is 0. The lowest BCUT2D eigenvalue weighted by Gasteiger charge is -2.18. The number of carboxylic acids is 1. The van der Waals surface area contributed by atoms with Gasteiger partial charge in [-0.2, -0.15) is 15.4 Å². The summed E-state index contributed by atoms with van der Waals surface area (Å²) in [6.07, 6.45) is 0.255. The van der Waals surface area contributed by atoms with Crippen molar-refractivity contribution in [1.82, 2.24) is 15.4 Å². The molecule has 0 saturated heterocycles. The van der Waals surface area contributed by atoms with Crippen molar-refractivity contribution < 1.29 is 9.90 Å². The highest BCUT2D eigenvalue weighted by molar-refractivity contribution is 5.79. The first-order chi connectivity index (χ1) is 7.49. The monoisotopic (exact) mass is 220 g/mol. The molecule has 0 aliphatic heterocycles. The highest BCUT2D eigenvalue weighted by Crippen LogP contribution is 2.15. The molecule has 84 valence electrons. The molecule has 4 N–H and O–H groups in total. The maximum absolute atomic E-state index is 10.9. The van der Waals surface area contributed by atoms with E-state index in [1.54, 1.807) is 18.2 Å². The molecule has 16 heavy (non-hydrogen) atoms. The third-order valence-electron chi connectivity index (χ3n) is 2.44. The van der Waals surface area contributed by atoms with E-state index >= 15 is 0 Å². The molecule has 1 aromatic heterocycles. The number of hydrogen-bond donors (Lipinski definition) is 3. The minimum atomic E-state index is -1.27. The second kappa shape index (κ2) is 3.57. The van der Waals surface area contributed by atoms with Gasteiger partial charge in [0.2, 0.25) is 0 Å². The number of benzene rings is 1. The van der Waals surface area contributed by atoms with E-state index in [0.29, 0.717) is 5.52 Å². The fraction of sp³-hybridized carbons (Fsp3) is 0.300. The number of aromatic amines is 1. The quantitative estimate of drug-likeness (QED) is 0.690. The van der Waals surface area contributed by atoms with E-state index in [1.165, 1.54) is 6.92 Å². The summed E-state index contributed by atoms with van der Waals surface area (Å²) in [5.74, 6) is -1.02. The Morgan fingerprint density at radius 2 is 2.19 bits per heavy atom. The van der Waals surface area contributed by atoms with Gasteiger partial charge in [-0.3, -0.25) is 4.79 Å². The topological polar surface area (TPSA) is 105 Å². The molecule has 6 nitrogen and oxygen atoms in total. The molecule has 0 unspecified atom stereocenters. The molecule has 0 fully saturated rings. The smallest absolute Gasteiger partial charge is 0.323 e. The molecule has 1 heterocycles. The molecule has 2 aromatic rings. The van der Waals surface area contributed by atoms with Gasteiger partial charge in [-0.15, -0.1) is 0 Å². The van der Waals surface area contributed by atoms with E-state index in [-0.39, 0.29) is 6.42 Å². The van der Waals surface area contributed by atoms with Gasteiger partial charge in [-0.05, 0) is 24.6 Å². The number of nitrogens with one attached hydrogen (secondary N) is 1. The first kappa shape index (κ1) is 10.6. The third-order valence-corrected chi connectivity index (χ3v) is 2.44. The zero-order valence-corrected chi connectivity index (χ0v) is 8.77. The number of aliphatic carboxylic acids is 1. The molecule has 1 atom stereocenters. The van der Waals surface area contributed by atoms with Gasteiger partial charge in [-0.25, -0.2) is 0 Å². The molecule has 0 bridgehead atoms. The van der Waals surface area contributed by atoms with Crippen LogP contribution in [0.2, 0.25) is 0 Å². The molecule has 0 amide bonds. The number of hydrogen-bond acceptors (Lipinski definition) is 4. The van der Waals surface area contributed by atoms with Crippen LogP contribution in [0.25, 0.3) is 11.0 Å². The normalized spacial score (nSPS) is 14.9. The molecule has 0 aliphatic carbocycles. The largest absolute Gasteiger partial charge is 0.480 e. The molecule has 2 rings (SSSR count). The summed E-state index contributed by atoms with van der Waals surface area (Å²) in [6.45, 7) is 1.49. The summed E-state index contributed by atoms with van der Waals surface area (Å²) in [6, 6.07) is 5.37. The van der Waals surface area contributed by atoms with Crippen LogP contribution in [0.3, 0.4) is 0 Å². The minimum Gasteiger partial charge on any atom is -0.480 e. The average molecular weight is 220 g/mol. The predicted octanol–water partition coefficient (Wildman–Crippen LogP) is 0.302. The maximum Gasteiger partial charge on any atom is 0.323 e. The van der Waals surface area contributed by atoms with Crippen molar-refractivity contribution in [2.45, 2.75) is 18.9 Å². The van der Waals surface area contributed by atoms with Gasteiger partial charge in [0.05, 0.1) is 0 Å². The van der Waals surface area contributed by atoms with Crippen LogP contribution in [0.5, 0.6) is 0 Å². The van der Waals surface area contributed by atoms with Crippen LogP contribution < -0.4 is 5.73 Å². The molecule has 0 radical (unpaired) electrons. The number of nitrogens with two attached hydrogens (primary N) is 1. The Morgan fingerprint density at radius 1 is 1.50 bits per heavy atom. The van der Waals surface area contributed by atoms with Crippen LogP contribution in [0, 0.1) is 0 Å². The van der Waals surface area contributed by atoms with Gasteiger partial charge < -0.3 is 10.8 Å². The van der Waals surface area contributed by atoms with Gasteiger partial charge in [-0.1, -0.05) is 6.07 Å². The van der Waals surface area contributed by atoms with E-state index in [1.807, 2.05) is 0 Å². The van der Waals surface area contributed by atoms with E-state index in [4.69, 9.17) is 10.8 Å². The Bertz CT molecular complexity index is 532. The number of nitrogens with zero attached hydrogens (tertiary/aromatic N) is 2. The van der Waals surface area contributed by atoms with Gasteiger partial charge in [0.25, 0.3) is 0 Å². The number of fused-ring (bicyclic) bond motifs is 1. The van der Waals surface area contributed by atoms with Crippen molar-refractivity contribution in [3.63, 3.8) is 0 Å². The summed E-state index contributed by atoms with van der Waals surface area (Å²) >= 11 is 0. The lowest BCUT2D eigenvalue weighted by molar-refractivity contribution is -0.142. The van der Waals surface area contributed by atoms with Gasteiger partial charge >= 0.3 is 5.97 Å². The average Bonchev–Trinajstić information content (AvgIpc) is 2.63.